The highest BCUT2D eigenvalue weighted by Crippen LogP contribution is 1.99. The van der Waals surface area contributed by atoms with E-state index in [1.165, 1.54) is 0 Å². The Balaban J connectivity index is 2.48. The van der Waals surface area contributed by atoms with Gasteiger partial charge in [0, 0.05) is 26.2 Å². The van der Waals surface area contributed by atoms with E-state index in [9.17, 15) is 13.2 Å². The zero-order valence-electron chi connectivity index (χ0n) is 9.62. The Bertz CT molecular complexity index is 494. The highest BCUT2D eigenvalue weighted by atomic mass is 32.2. The molecule has 0 saturated carbocycles. The van der Waals surface area contributed by atoms with Gasteiger partial charge in [0.1, 0.15) is 0 Å². The van der Waals surface area contributed by atoms with Crippen molar-refractivity contribution in [3.05, 3.63) is 18.0 Å². The highest BCUT2D eigenvalue weighted by Gasteiger charge is 2.26. The molecule has 1 rings (SSSR count). The van der Waals surface area contributed by atoms with E-state index < -0.39 is 21.2 Å². The fraction of sp³-hybridized carbons (Fsp3) is 0.556. The van der Waals surface area contributed by atoms with E-state index in [0.29, 0.717) is 6.42 Å². The number of nitrogens with zero attached hydrogens (tertiary/aromatic N) is 2. The van der Waals surface area contributed by atoms with Crippen molar-refractivity contribution in [1.29, 1.82) is 0 Å². The van der Waals surface area contributed by atoms with Crippen molar-refractivity contribution in [2.75, 3.05) is 6.54 Å². The predicted octanol–water partition coefficient (Wildman–Crippen LogP) is -0.645. The number of nitrogens with one attached hydrogen (secondary N) is 1. The standard InChI is InChI=1S/C9H15N3O4S/c1-7(9(13)14)17(15,16)10-5-3-8-4-6-12(2)11-8/h4,6-7,10H,3,5H2,1-2H3,(H,13,14). The summed E-state index contributed by atoms with van der Waals surface area (Å²) in [7, 11) is -2.04. The summed E-state index contributed by atoms with van der Waals surface area (Å²) in [4.78, 5) is 10.5. The molecule has 0 radical (unpaired) electrons. The second kappa shape index (κ2) is 5.28. The normalized spacial score (nSPS) is 13.5. The molecule has 0 aliphatic rings. The van der Waals surface area contributed by atoms with Crippen LogP contribution in [0.25, 0.3) is 0 Å². The molecule has 0 amide bonds. The van der Waals surface area contributed by atoms with Crippen LogP contribution in [0.15, 0.2) is 12.3 Å². The van der Waals surface area contributed by atoms with Crippen LogP contribution in [-0.2, 0) is 28.3 Å². The maximum atomic E-state index is 11.4. The number of aromatic nitrogens is 2. The molecule has 7 nitrogen and oxygen atoms in total. The lowest BCUT2D eigenvalue weighted by Gasteiger charge is -2.09. The van der Waals surface area contributed by atoms with Gasteiger partial charge in [0.25, 0.3) is 0 Å². The van der Waals surface area contributed by atoms with E-state index in [0.717, 1.165) is 12.6 Å². The third-order valence-corrected chi connectivity index (χ3v) is 4.01. The molecular weight excluding hydrogens is 246 g/mol. The zero-order valence-corrected chi connectivity index (χ0v) is 10.4. The summed E-state index contributed by atoms with van der Waals surface area (Å²) in [5, 5.41) is 11.2. The van der Waals surface area contributed by atoms with Crippen molar-refractivity contribution < 1.29 is 18.3 Å². The smallest absolute Gasteiger partial charge is 0.323 e. The predicted molar refractivity (Wildman–Crippen MR) is 60.9 cm³/mol. The number of carboxylic acid groups (broad SMARTS) is 1. The van der Waals surface area contributed by atoms with Gasteiger partial charge in [-0.1, -0.05) is 0 Å². The second-order valence-corrected chi connectivity index (χ2v) is 5.74. The van der Waals surface area contributed by atoms with E-state index in [-0.39, 0.29) is 6.54 Å². The number of aliphatic carboxylic acids is 1. The molecular formula is C9H15N3O4S. The van der Waals surface area contributed by atoms with Gasteiger partial charge < -0.3 is 5.11 Å². The van der Waals surface area contributed by atoms with Crippen LogP contribution in [-0.4, -0.2) is 41.1 Å². The second-order valence-electron chi connectivity index (χ2n) is 3.65. The zero-order chi connectivity index (χ0) is 13.1. The Morgan fingerprint density at radius 1 is 1.65 bits per heavy atom. The first-order valence-electron chi connectivity index (χ1n) is 5.03. The molecule has 8 heteroatoms. The van der Waals surface area contributed by atoms with Crippen LogP contribution >= 0.6 is 0 Å². The molecule has 0 fully saturated rings. The van der Waals surface area contributed by atoms with E-state index in [1.54, 1.807) is 24.0 Å². The summed E-state index contributed by atoms with van der Waals surface area (Å²) < 4.78 is 26.8. The first-order valence-corrected chi connectivity index (χ1v) is 6.57. The Kier molecular flexibility index (Phi) is 4.24. The fourth-order valence-corrected chi connectivity index (χ4v) is 2.08. The van der Waals surface area contributed by atoms with Gasteiger partial charge in [-0.05, 0) is 13.0 Å². The van der Waals surface area contributed by atoms with Gasteiger partial charge in [-0.3, -0.25) is 9.48 Å². The lowest BCUT2D eigenvalue weighted by atomic mass is 10.3. The molecule has 0 spiro atoms. The molecule has 0 aromatic carbocycles. The van der Waals surface area contributed by atoms with Gasteiger partial charge in [-0.15, -0.1) is 0 Å². The Labute approximate surface area is 99.5 Å². The topological polar surface area (TPSA) is 101 Å². The minimum atomic E-state index is -3.81. The number of rotatable bonds is 6. The van der Waals surface area contributed by atoms with E-state index in [2.05, 4.69) is 9.82 Å². The minimum absolute atomic E-state index is 0.136. The third kappa shape index (κ3) is 3.82. The molecule has 0 aliphatic carbocycles. The van der Waals surface area contributed by atoms with Crippen molar-refractivity contribution in [1.82, 2.24) is 14.5 Å². The summed E-state index contributed by atoms with van der Waals surface area (Å²) in [6, 6.07) is 1.77. The van der Waals surface area contributed by atoms with E-state index in [1.807, 2.05) is 0 Å². The molecule has 1 heterocycles. The Hall–Kier alpha value is -1.41. The van der Waals surface area contributed by atoms with Crippen LogP contribution in [0.5, 0.6) is 0 Å². The largest absolute Gasteiger partial charge is 0.480 e. The molecule has 2 N–H and O–H groups in total. The Morgan fingerprint density at radius 2 is 2.29 bits per heavy atom. The van der Waals surface area contributed by atoms with Gasteiger partial charge in [-0.25, -0.2) is 13.1 Å². The van der Waals surface area contributed by atoms with Crippen molar-refractivity contribution >= 4 is 16.0 Å². The summed E-state index contributed by atoms with van der Waals surface area (Å²) in [6.45, 7) is 1.27. The quantitative estimate of drug-likeness (QED) is 0.709. The van der Waals surface area contributed by atoms with Crippen LogP contribution in [0.2, 0.25) is 0 Å². The average molecular weight is 261 g/mol. The van der Waals surface area contributed by atoms with Gasteiger partial charge in [0.05, 0.1) is 5.69 Å². The summed E-state index contributed by atoms with van der Waals surface area (Å²) in [5.41, 5.74) is 0.748. The molecule has 1 aromatic heterocycles. The lowest BCUT2D eigenvalue weighted by molar-refractivity contribution is -0.136. The van der Waals surface area contributed by atoms with Gasteiger partial charge >= 0.3 is 5.97 Å². The third-order valence-electron chi connectivity index (χ3n) is 2.27. The lowest BCUT2D eigenvalue weighted by Crippen LogP contribution is -2.38. The number of aryl methyl sites for hydroxylation is 1. The monoisotopic (exact) mass is 261 g/mol. The summed E-state index contributed by atoms with van der Waals surface area (Å²) in [5.74, 6) is -1.37. The van der Waals surface area contributed by atoms with Crippen LogP contribution in [0.4, 0.5) is 0 Å². The number of hydrogen-bond donors (Lipinski definition) is 2. The molecule has 1 atom stereocenters. The van der Waals surface area contributed by atoms with Gasteiger partial charge in [0.2, 0.25) is 10.0 Å². The summed E-state index contributed by atoms with van der Waals surface area (Å²) in [6.07, 6.45) is 2.18. The van der Waals surface area contributed by atoms with Gasteiger partial charge in [-0.2, -0.15) is 5.10 Å². The average Bonchev–Trinajstić information content (AvgIpc) is 2.62. The van der Waals surface area contributed by atoms with Crippen LogP contribution in [0, 0.1) is 0 Å². The first-order chi connectivity index (χ1) is 7.83. The molecule has 0 saturated heterocycles. The van der Waals surface area contributed by atoms with Crippen molar-refractivity contribution in [3.8, 4) is 0 Å². The van der Waals surface area contributed by atoms with Crippen LogP contribution in [0.3, 0.4) is 0 Å². The van der Waals surface area contributed by atoms with Crippen molar-refractivity contribution in [3.63, 3.8) is 0 Å². The highest BCUT2D eigenvalue weighted by molar-refractivity contribution is 7.90. The molecule has 17 heavy (non-hydrogen) atoms. The first kappa shape index (κ1) is 13.7. The fourth-order valence-electron chi connectivity index (χ4n) is 1.18. The number of carbonyl (C=O) groups is 1. The molecule has 1 unspecified atom stereocenters. The van der Waals surface area contributed by atoms with Crippen molar-refractivity contribution in [2.45, 2.75) is 18.6 Å². The molecule has 0 aliphatic heterocycles. The van der Waals surface area contributed by atoms with E-state index >= 15 is 0 Å². The summed E-state index contributed by atoms with van der Waals surface area (Å²) >= 11 is 0. The maximum absolute atomic E-state index is 11.4. The SMILES string of the molecule is CC(C(=O)O)S(=O)(=O)NCCc1ccn(C)n1. The van der Waals surface area contributed by atoms with Gasteiger partial charge in [0.15, 0.2) is 5.25 Å². The Morgan fingerprint density at radius 3 is 2.76 bits per heavy atom. The van der Waals surface area contributed by atoms with Crippen LogP contribution in [0.1, 0.15) is 12.6 Å². The number of hydrogen-bond acceptors (Lipinski definition) is 4. The van der Waals surface area contributed by atoms with Crippen molar-refractivity contribution in [2.24, 2.45) is 7.05 Å². The molecule has 1 aromatic rings. The molecule has 0 bridgehead atoms. The maximum Gasteiger partial charge on any atom is 0.323 e. The number of sulfonamides is 1. The number of carboxylic acids is 1. The minimum Gasteiger partial charge on any atom is -0.480 e. The van der Waals surface area contributed by atoms with Crippen LogP contribution < -0.4 is 4.72 Å². The molecule has 96 valence electrons. The van der Waals surface area contributed by atoms with E-state index in [4.69, 9.17) is 5.11 Å².